The van der Waals surface area contributed by atoms with Crippen LogP contribution in [0.5, 0.6) is 0 Å². The standard InChI is InChI=1S/C20H21FO/c1-20(2,3)18-10-8-17(9-11-18)19(12-13-22)16-6-4-15(14-21)5-7-16/h4-13H,14H2,1-3H3/b19-12+. The Bertz CT molecular complexity index is 658. The van der Waals surface area contributed by atoms with Crippen molar-refractivity contribution in [2.45, 2.75) is 32.9 Å². The van der Waals surface area contributed by atoms with Crippen LogP contribution in [0.4, 0.5) is 4.39 Å². The summed E-state index contributed by atoms with van der Waals surface area (Å²) in [5.41, 5.74) is 4.71. The van der Waals surface area contributed by atoms with Gasteiger partial charge >= 0.3 is 0 Å². The summed E-state index contributed by atoms with van der Waals surface area (Å²) < 4.78 is 12.6. The minimum Gasteiger partial charge on any atom is -0.299 e. The van der Waals surface area contributed by atoms with Crippen molar-refractivity contribution in [1.82, 2.24) is 0 Å². The van der Waals surface area contributed by atoms with E-state index in [0.29, 0.717) is 5.56 Å². The van der Waals surface area contributed by atoms with Crippen LogP contribution in [0.1, 0.15) is 43.0 Å². The number of alkyl halides is 1. The van der Waals surface area contributed by atoms with Crippen molar-refractivity contribution in [3.05, 3.63) is 76.9 Å². The highest BCUT2D eigenvalue weighted by atomic mass is 19.1. The molecule has 0 fully saturated rings. The zero-order chi connectivity index (χ0) is 16.2. The van der Waals surface area contributed by atoms with Gasteiger partial charge in [-0.3, -0.25) is 4.79 Å². The molecule has 0 aromatic heterocycles. The lowest BCUT2D eigenvalue weighted by atomic mass is 9.85. The summed E-state index contributed by atoms with van der Waals surface area (Å²) in [6.45, 7) is 6.02. The highest BCUT2D eigenvalue weighted by Gasteiger charge is 2.13. The molecule has 0 saturated carbocycles. The summed E-state index contributed by atoms with van der Waals surface area (Å²) in [4.78, 5) is 11.0. The molecule has 2 heteroatoms. The number of hydrogen-bond acceptors (Lipinski definition) is 1. The van der Waals surface area contributed by atoms with Gasteiger partial charge in [0.05, 0.1) is 0 Å². The first-order valence-electron chi connectivity index (χ1n) is 7.37. The number of carbonyl (C=O) groups excluding carboxylic acids is 1. The third kappa shape index (κ3) is 3.70. The lowest BCUT2D eigenvalue weighted by Crippen LogP contribution is -2.10. The Kier molecular flexibility index (Phi) is 4.92. The summed E-state index contributed by atoms with van der Waals surface area (Å²) in [6.07, 6.45) is 2.34. The van der Waals surface area contributed by atoms with E-state index in [1.165, 1.54) is 5.56 Å². The average molecular weight is 296 g/mol. The van der Waals surface area contributed by atoms with Crippen LogP contribution in [0.3, 0.4) is 0 Å². The van der Waals surface area contributed by atoms with Crippen LogP contribution in [0, 0.1) is 0 Å². The molecule has 114 valence electrons. The van der Waals surface area contributed by atoms with E-state index in [0.717, 1.165) is 23.0 Å². The van der Waals surface area contributed by atoms with Crippen LogP contribution in [0.25, 0.3) is 5.57 Å². The molecule has 2 aromatic carbocycles. The average Bonchev–Trinajstić information content (AvgIpc) is 2.52. The van der Waals surface area contributed by atoms with Crippen molar-refractivity contribution in [3.8, 4) is 0 Å². The minimum atomic E-state index is -0.479. The Hall–Kier alpha value is -2.22. The van der Waals surface area contributed by atoms with E-state index in [1.807, 2.05) is 24.3 Å². The van der Waals surface area contributed by atoms with Crippen LogP contribution in [-0.4, -0.2) is 6.29 Å². The summed E-state index contributed by atoms with van der Waals surface area (Å²) in [7, 11) is 0. The van der Waals surface area contributed by atoms with Gasteiger partial charge in [0.15, 0.2) is 0 Å². The zero-order valence-corrected chi connectivity index (χ0v) is 13.3. The summed E-state index contributed by atoms with van der Waals surface area (Å²) in [5, 5.41) is 0. The molecule has 0 heterocycles. The second kappa shape index (κ2) is 6.69. The molecular weight excluding hydrogens is 275 g/mol. The second-order valence-electron chi connectivity index (χ2n) is 6.37. The van der Waals surface area contributed by atoms with Gasteiger partial charge in [0, 0.05) is 0 Å². The number of hydrogen-bond donors (Lipinski definition) is 0. The number of benzene rings is 2. The molecule has 0 aliphatic rings. The summed E-state index contributed by atoms with van der Waals surface area (Å²) >= 11 is 0. The summed E-state index contributed by atoms with van der Waals surface area (Å²) in [6, 6.07) is 15.4. The van der Waals surface area contributed by atoms with Gasteiger partial charge in [-0.25, -0.2) is 4.39 Å². The molecule has 22 heavy (non-hydrogen) atoms. The molecule has 0 amide bonds. The van der Waals surface area contributed by atoms with Crippen LogP contribution in [0.15, 0.2) is 54.6 Å². The molecule has 0 N–H and O–H groups in total. The smallest absolute Gasteiger partial charge is 0.143 e. The van der Waals surface area contributed by atoms with Crippen molar-refractivity contribution in [2.24, 2.45) is 0 Å². The SMILES string of the molecule is CC(C)(C)c1ccc(/C(=C/C=O)c2ccc(CF)cc2)cc1. The van der Waals surface area contributed by atoms with Crippen molar-refractivity contribution >= 4 is 11.9 Å². The zero-order valence-electron chi connectivity index (χ0n) is 13.3. The highest BCUT2D eigenvalue weighted by Crippen LogP contribution is 2.27. The fourth-order valence-corrected chi connectivity index (χ4v) is 2.35. The lowest BCUT2D eigenvalue weighted by molar-refractivity contribution is -0.104. The van der Waals surface area contributed by atoms with Gasteiger partial charge in [-0.2, -0.15) is 0 Å². The number of allylic oxidation sites excluding steroid dienone is 1. The Balaban J connectivity index is 2.39. The van der Waals surface area contributed by atoms with Crippen molar-refractivity contribution < 1.29 is 9.18 Å². The summed E-state index contributed by atoms with van der Waals surface area (Å²) in [5.74, 6) is 0. The maximum Gasteiger partial charge on any atom is 0.143 e. The minimum absolute atomic E-state index is 0.0931. The first kappa shape index (κ1) is 16.2. The Morgan fingerprint density at radius 2 is 1.45 bits per heavy atom. The van der Waals surface area contributed by atoms with E-state index < -0.39 is 6.67 Å². The normalized spacial score (nSPS) is 12.3. The molecule has 0 bridgehead atoms. The maximum atomic E-state index is 12.6. The fraction of sp³-hybridized carbons (Fsp3) is 0.250. The molecule has 0 radical (unpaired) electrons. The van der Waals surface area contributed by atoms with E-state index in [-0.39, 0.29) is 5.41 Å². The first-order valence-corrected chi connectivity index (χ1v) is 7.37. The molecular formula is C20H21FO. The molecule has 0 aliphatic carbocycles. The lowest BCUT2D eigenvalue weighted by Gasteiger charge is -2.19. The van der Waals surface area contributed by atoms with Crippen molar-refractivity contribution in [3.63, 3.8) is 0 Å². The van der Waals surface area contributed by atoms with E-state index in [4.69, 9.17) is 0 Å². The molecule has 0 saturated heterocycles. The second-order valence-corrected chi connectivity index (χ2v) is 6.37. The number of carbonyl (C=O) groups is 1. The number of rotatable bonds is 4. The largest absolute Gasteiger partial charge is 0.299 e. The fourth-order valence-electron chi connectivity index (χ4n) is 2.35. The molecule has 0 aliphatic heterocycles. The topological polar surface area (TPSA) is 17.1 Å². The van der Waals surface area contributed by atoms with Crippen LogP contribution < -0.4 is 0 Å². The Morgan fingerprint density at radius 1 is 0.955 bits per heavy atom. The molecule has 2 rings (SSSR count). The van der Waals surface area contributed by atoms with Gasteiger partial charge in [-0.05, 0) is 39.3 Å². The van der Waals surface area contributed by atoms with Gasteiger partial charge in [-0.1, -0.05) is 69.3 Å². The molecule has 1 nitrogen and oxygen atoms in total. The Labute approximate surface area is 131 Å². The predicted molar refractivity (Wildman–Crippen MR) is 89.5 cm³/mol. The Morgan fingerprint density at radius 3 is 1.86 bits per heavy atom. The van der Waals surface area contributed by atoms with E-state index in [9.17, 15) is 9.18 Å². The third-order valence-electron chi connectivity index (χ3n) is 3.72. The number of halogens is 1. The van der Waals surface area contributed by atoms with Gasteiger partial charge in [0.1, 0.15) is 13.0 Å². The van der Waals surface area contributed by atoms with Crippen LogP contribution in [0.2, 0.25) is 0 Å². The third-order valence-corrected chi connectivity index (χ3v) is 3.72. The van der Waals surface area contributed by atoms with Gasteiger partial charge in [0.2, 0.25) is 0 Å². The molecule has 0 spiro atoms. The van der Waals surface area contributed by atoms with Crippen LogP contribution >= 0.6 is 0 Å². The molecule has 0 atom stereocenters. The predicted octanol–water partition coefficient (Wildman–Crippen LogP) is 5.08. The van der Waals surface area contributed by atoms with E-state index in [2.05, 4.69) is 32.9 Å². The first-order chi connectivity index (χ1) is 10.5. The quantitative estimate of drug-likeness (QED) is 0.567. The van der Waals surface area contributed by atoms with Gasteiger partial charge < -0.3 is 0 Å². The molecule has 0 unspecified atom stereocenters. The van der Waals surface area contributed by atoms with Gasteiger partial charge in [-0.15, -0.1) is 0 Å². The monoisotopic (exact) mass is 296 g/mol. The van der Waals surface area contributed by atoms with E-state index in [1.54, 1.807) is 18.2 Å². The van der Waals surface area contributed by atoms with Crippen molar-refractivity contribution in [2.75, 3.05) is 0 Å². The molecule has 2 aromatic rings. The number of aldehydes is 1. The van der Waals surface area contributed by atoms with E-state index >= 15 is 0 Å². The van der Waals surface area contributed by atoms with Crippen molar-refractivity contribution in [1.29, 1.82) is 0 Å². The van der Waals surface area contributed by atoms with Crippen LogP contribution in [-0.2, 0) is 16.9 Å². The van der Waals surface area contributed by atoms with Gasteiger partial charge in [0.25, 0.3) is 0 Å². The maximum absolute atomic E-state index is 12.6. The highest BCUT2D eigenvalue weighted by molar-refractivity contribution is 5.89.